The fraction of sp³-hybridized carbons (Fsp3) is 0.308. The van der Waals surface area contributed by atoms with E-state index in [0.717, 1.165) is 11.3 Å². The van der Waals surface area contributed by atoms with Crippen molar-refractivity contribution in [3.05, 3.63) is 46.0 Å². The monoisotopic (exact) mass is 247 g/mol. The van der Waals surface area contributed by atoms with E-state index in [-0.39, 0.29) is 11.6 Å². The van der Waals surface area contributed by atoms with Crippen molar-refractivity contribution in [2.24, 2.45) is 0 Å². The maximum Gasteiger partial charge on any atom is 0.354 e. The Morgan fingerprint density at radius 2 is 1.83 bits per heavy atom. The average molecular weight is 247 g/mol. The van der Waals surface area contributed by atoms with Crippen LogP contribution in [-0.4, -0.2) is 28.4 Å². The molecule has 0 bridgehead atoms. The first kappa shape index (κ1) is 12.3. The van der Waals surface area contributed by atoms with Gasteiger partial charge in [0, 0.05) is 14.1 Å². The van der Waals surface area contributed by atoms with Gasteiger partial charge in [0.1, 0.15) is 0 Å². The molecule has 0 radical (unpaired) electrons. The maximum atomic E-state index is 12.2. The van der Waals surface area contributed by atoms with Gasteiger partial charge in [-0.25, -0.2) is 4.79 Å². The molecule has 1 aromatic carbocycles. The zero-order chi connectivity index (χ0) is 13.4. The van der Waals surface area contributed by atoms with Gasteiger partial charge >= 0.3 is 5.69 Å². The summed E-state index contributed by atoms with van der Waals surface area (Å²) in [5.74, 6) is -0.0803. The van der Waals surface area contributed by atoms with Gasteiger partial charge < -0.3 is 10.1 Å². The van der Waals surface area contributed by atoms with Crippen molar-refractivity contribution in [2.75, 3.05) is 19.1 Å². The average Bonchev–Trinajstić information content (AvgIpc) is 2.58. The number of aryl methyl sites for hydroxylation is 2. The summed E-state index contributed by atoms with van der Waals surface area (Å²) in [5, 5.41) is 11.3. The summed E-state index contributed by atoms with van der Waals surface area (Å²) < 4.78 is 2.64. The van der Waals surface area contributed by atoms with Crippen LogP contribution in [0.2, 0.25) is 0 Å². The molecule has 1 N–H and O–H groups in total. The number of hydrogen-bond acceptors (Lipinski definition) is 3. The number of aromatic hydroxyl groups is 1. The lowest BCUT2D eigenvalue weighted by Gasteiger charge is -2.12. The summed E-state index contributed by atoms with van der Waals surface area (Å²) >= 11 is 0. The van der Waals surface area contributed by atoms with Gasteiger partial charge in [0.2, 0.25) is 5.88 Å². The Morgan fingerprint density at radius 1 is 1.17 bits per heavy atom. The van der Waals surface area contributed by atoms with Gasteiger partial charge in [-0.3, -0.25) is 4.57 Å². The Balaban J connectivity index is 2.62. The molecule has 2 aromatic rings. The largest absolute Gasteiger partial charge is 0.492 e. The van der Waals surface area contributed by atoms with Crippen molar-refractivity contribution in [1.82, 2.24) is 9.24 Å². The Hall–Kier alpha value is -2.17. The summed E-state index contributed by atoms with van der Waals surface area (Å²) in [6.07, 6.45) is 1.42. The molecule has 2 rings (SSSR count). The molecule has 0 aliphatic carbocycles. The van der Waals surface area contributed by atoms with E-state index >= 15 is 0 Å². The normalized spacial score (nSPS) is 10.7. The Bertz CT molecular complexity index is 638. The third kappa shape index (κ3) is 1.88. The third-order valence-electron chi connectivity index (χ3n) is 3.02. The molecule has 0 unspecified atom stereocenters. The smallest absolute Gasteiger partial charge is 0.354 e. The topological polar surface area (TPSA) is 50.4 Å². The molecule has 5 heteroatoms. The van der Waals surface area contributed by atoms with Crippen LogP contribution in [0.4, 0.5) is 0 Å². The molecular weight excluding hydrogens is 230 g/mol. The molecule has 0 spiro atoms. The fourth-order valence-electron chi connectivity index (χ4n) is 1.86. The highest BCUT2D eigenvalue weighted by molar-refractivity contribution is 5.40. The number of hydrogen-bond donors (Lipinski definition) is 1. The fourth-order valence-corrected chi connectivity index (χ4v) is 1.86. The van der Waals surface area contributed by atoms with Crippen LogP contribution in [0.1, 0.15) is 11.1 Å². The number of benzene rings is 1. The van der Waals surface area contributed by atoms with Crippen LogP contribution in [0.3, 0.4) is 0 Å². The van der Waals surface area contributed by atoms with E-state index in [1.54, 1.807) is 14.1 Å². The van der Waals surface area contributed by atoms with Crippen molar-refractivity contribution in [1.29, 1.82) is 0 Å². The first-order chi connectivity index (χ1) is 8.41. The molecule has 0 saturated carbocycles. The van der Waals surface area contributed by atoms with Crippen molar-refractivity contribution in [3.8, 4) is 11.6 Å². The van der Waals surface area contributed by atoms with E-state index in [4.69, 9.17) is 0 Å². The highest BCUT2D eigenvalue weighted by Gasteiger charge is 2.13. The zero-order valence-electron chi connectivity index (χ0n) is 11.0. The van der Waals surface area contributed by atoms with Gasteiger partial charge in [0.15, 0.2) is 0 Å². The summed E-state index contributed by atoms with van der Waals surface area (Å²) in [4.78, 5) is 12.2. The summed E-state index contributed by atoms with van der Waals surface area (Å²) in [7, 11) is 3.40. The predicted octanol–water partition coefficient (Wildman–Crippen LogP) is 1.16. The minimum atomic E-state index is -0.291. The second-order valence-electron chi connectivity index (χ2n) is 4.57. The highest BCUT2D eigenvalue weighted by Crippen LogP contribution is 2.15. The SMILES string of the molecule is Cc1ccc(-n2cc(O)n(N(C)C)c2=O)cc1C. The molecule has 96 valence electrons. The first-order valence-electron chi connectivity index (χ1n) is 5.70. The molecule has 0 atom stereocenters. The van der Waals surface area contributed by atoms with Gasteiger partial charge in [-0.05, 0) is 37.1 Å². The van der Waals surface area contributed by atoms with E-state index < -0.39 is 0 Å². The van der Waals surface area contributed by atoms with Crippen molar-refractivity contribution >= 4 is 0 Å². The molecule has 5 nitrogen and oxygen atoms in total. The van der Waals surface area contributed by atoms with Crippen molar-refractivity contribution < 1.29 is 5.11 Å². The van der Waals surface area contributed by atoms with E-state index in [2.05, 4.69) is 0 Å². The lowest BCUT2D eigenvalue weighted by Crippen LogP contribution is -2.36. The van der Waals surface area contributed by atoms with E-state index in [1.165, 1.54) is 26.0 Å². The van der Waals surface area contributed by atoms with Crippen molar-refractivity contribution in [2.45, 2.75) is 13.8 Å². The predicted molar refractivity (Wildman–Crippen MR) is 71.2 cm³/mol. The van der Waals surface area contributed by atoms with E-state index in [1.807, 2.05) is 32.0 Å². The number of imidazole rings is 1. The van der Waals surface area contributed by atoms with Crippen LogP contribution in [0.5, 0.6) is 5.88 Å². The van der Waals surface area contributed by atoms with Gasteiger partial charge in [0.25, 0.3) is 0 Å². The number of nitrogens with zero attached hydrogens (tertiary/aromatic N) is 3. The van der Waals surface area contributed by atoms with Gasteiger partial charge in [-0.15, -0.1) is 0 Å². The molecular formula is C13H17N3O2. The van der Waals surface area contributed by atoms with Crippen LogP contribution in [0, 0.1) is 13.8 Å². The third-order valence-corrected chi connectivity index (χ3v) is 3.02. The maximum absolute atomic E-state index is 12.2. The minimum absolute atomic E-state index is 0.0803. The standard InChI is InChI=1S/C13H17N3O2/c1-9-5-6-11(7-10(9)2)15-8-12(17)16(13(15)18)14(3)4/h5-8,17H,1-4H3. The van der Waals surface area contributed by atoms with Gasteiger partial charge in [0.05, 0.1) is 11.9 Å². The Labute approximate surface area is 105 Å². The molecule has 0 aliphatic rings. The van der Waals surface area contributed by atoms with Crippen LogP contribution in [-0.2, 0) is 0 Å². The van der Waals surface area contributed by atoms with Crippen LogP contribution in [0.15, 0.2) is 29.2 Å². The molecule has 0 aliphatic heterocycles. The molecule has 1 heterocycles. The van der Waals surface area contributed by atoms with Gasteiger partial charge in [-0.2, -0.15) is 4.68 Å². The van der Waals surface area contributed by atoms with Gasteiger partial charge in [-0.1, -0.05) is 6.07 Å². The van der Waals surface area contributed by atoms with Crippen LogP contribution >= 0.6 is 0 Å². The second-order valence-corrected chi connectivity index (χ2v) is 4.57. The molecule has 18 heavy (non-hydrogen) atoms. The Morgan fingerprint density at radius 3 is 2.33 bits per heavy atom. The molecule has 1 aromatic heterocycles. The van der Waals surface area contributed by atoms with Crippen LogP contribution in [0.25, 0.3) is 5.69 Å². The molecule has 0 fully saturated rings. The zero-order valence-corrected chi connectivity index (χ0v) is 11.0. The Kier molecular flexibility index (Phi) is 2.90. The summed E-state index contributed by atoms with van der Waals surface area (Å²) in [6.45, 7) is 4.01. The van der Waals surface area contributed by atoms with Crippen LogP contribution < -0.4 is 10.7 Å². The lowest BCUT2D eigenvalue weighted by molar-refractivity contribution is 0.416. The van der Waals surface area contributed by atoms with Crippen molar-refractivity contribution in [3.63, 3.8) is 0 Å². The van der Waals surface area contributed by atoms with E-state index in [9.17, 15) is 9.90 Å². The first-order valence-corrected chi connectivity index (χ1v) is 5.70. The highest BCUT2D eigenvalue weighted by atomic mass is 16.3. The summed E-state index contributed by atoms with van der Waals surface area (Å²) in [6, 6.07) is 5.75. The molecule has 0 amide bonds. The lowest BCUT2D eigenvalue weighted by atomic mass is 10.1. The van der Waals surface area contributed by atoms with E-state index in [0.29, 0.717) is 0 Å². The summed E-state index contributed by atoms with van der Waals surface area (Å²) in [5.41, 5.74) is 2.74. The number of rotatable bonds is 2. The molecule has 0 saturated heterocycles. The minimum Gasteiger partial charge on any atom is -0.492 e. The number of aromatic nitrogens is 2. The second kappa shape index (κ2) is 4.25. The quantitative estimate of drug-likeness (QED) is 0.866.